The van der Waals surface area contributed by atoms with Crippen LogP contribution in [-0.2, 0) is 0 Å². The molecule has 0 amide bonds. The summed E-state index contributed by atoms with van der Waals surface area (Å²) in [4.78, 5) is 16.9. The largest absolute Gasteiger partial charge is 0.321 e. The quantitative estimate of drug-likeness (QED) is 0.225. The lowest BCUT2D eigenvalue weighted by atomic mass is 10.0. The molecule has 9 aromatic rings. The first-order valence-corrected chi connectivity index (χ1v) is 13.8. The number of hydrogen-bond donors (Lipinski definition) is 1. The van der Waals surface area contributed by atoms with Crippen molar-refractivity contribution in [3.63, 3.8) is 0 Å². The fraction of sp³-hybridized carbons (Fsp3) is 0. The maximum atomic E-state index is 13.7. The van der Waals surface area contributed by atoms with Crippen molar-refractivity contribution in [3.8, 4) is 11.4 Å². The molecule has 3 aromatic heterocycles. The van der Waals surface area contributed by atoms with Crippen molar-refractivity contribution in [2.24, 2.45) is 0 Å². The van der Waals surface area contributed by atoms with Gasteiger partial charge in [-0.1, -0.05) is 72.8 Å². The SMILES string of the molecule is O=c1[nH]c2cc3c(cc2c2cc4c5ccccc5n(-c5ccccc5)c4cc12)c1ccccc1n3-c1ccccc1. The Kier molecular flexibility index (Phi) is 4.44. The number of nitrogens with zero attached hydrogens (tertiary/aromatic N) is 2. The number of H-pyrrole nitrogens is 1. The summed E-state index contributed by atoms with van der Waals surface area (Å²) in [7, 11) is 0. The van der Waals surface area contributed by atoms with Crippen molar-refractivity contribution >= 4 is 65.3 Å². The highest BCUT2D eigenvalue weighted by Gasteiger charge is 2.18. The van der Waals surface area contributed by atoms with Gasteiger partial charge in [-0.05, 0) is 66.0 Å². The summed E-state index contributed by atoms with van der Waals surface area (Å²) >= 11 is 0. The molecule has 9 rings (SSSR count). The Hall–Kier alpha value is -5.61. The summed E-state index contributed by atoms with van der Waals surface area (Å²) in [6.45, 7) is 0. The van der Waals surface area contributed by atoms with Crippen molar-refractivity contribution in [3.05, 3.63) is 144 Å². The van der Waals surface area contributed by atoms with Crippen LogP contribution in [0.25, 0.3) is 76.7 Å². The molecule has 3 heterocycles. The van der Waals surface area contributed by atoms with E-state index in [1.807, 2.05) is 12.1 Å². The van der Waals surface area contributed by atoms with Gasteiger partial charge in [-0.2, -0.15) is 0 Å². The number of para-hydroxylation sites is 4. The van der Waals surface area contributed by atoms with Crippen LogP contribution < -0.4 is 5.56 Å². The molecule has 192 valence electrons. The van der Waals surface area contributed by atoms with Crippen molar-refractivity contribution in [2.75, 3.05) is 0 Å². The van der Waals surface area contributed by atoms with Gasteiger partial charge < -0.3 is 14.1 Å². The zero-order valence-corrected chi connectivity index (χ0v) is 22.0. The number of pyridine rings is 1. The predicted molar refractivity (Wildman–Crippen MR) is 171 cm³/mol. The molecule has 0 aliphatic rings. The molecule has 0 saturated heterocycles. The Labute approximate surface area is 234 Å². The van der Waals surface area contributed by atoms with Gasteiger partial charge in [-0.3, -0.25) is 4.79 Å². The van der Waals surface area contributed by atoms with Crippen LogP contribution in [0, 0.1) is 0 Å². The molecule has 1 N–H and O–H groups in total. The Bertz CT molecular complexity index is 2530. The second-order valence-electron chi connectivity index (χ2n) is 10.7. The highest BCUT2D eigenvalue weighted by molar-refractivity contribution is 6.21. The van der Waals surface area contributed by atoms with Crippen LogP contribution in [0.3, 0.4) is 0 Å². The molecule has 41 heavy (non-hydrogen) atoms. The van der Waals surface area contributed by atoms with Gasteiger partial charge in [0.05, 0.1) is 27.6 Å². The van der Waals surface area contributed by atoms with Crippen LogP contribution in [0.15, 0.2) is 138 Å². The average Bonchev–Trinajstić information content (AvgIpc) is 3.52. The zero-order valence-electron chi connectivity index (χ0n) is 22.0. The van der Waals surface area contributed by atoms with E-state index < -0.39 is 0 Å². The minimum Gasteiger partial charge on any atom is -0.321 e. The van der Waals surface area contributed by atoms with Crippen LogP contribution in [-0.4, -0.2) is 14.1 Å². The van der Waals surface area contributed by atoms with Crippen molar-refractivity contribution < 1.29 is 0 Å². The molecular formula is C37H23N3O. The summed E-state index contributed by atoms with van der Waals surface area (Å²) in [6.07, 6.45) is 0. The van der Waals surface area contributed by atoms with Crippen molar-refractivity contribution in [1.29, 1.82) is 0 Å². The minimum absolute atomic E-state index is 0.0824. The lowest BCUT2D eigenvalue weighted by molar-refractivity contribution is 1.18. The molecule has 0 saturated carbocycles. The molecule has 0 atom stereocenters. The molecule has 0 aliphatic carbocycles. The smallest absolute Gasteiger partial charge is 0.256 e. The molecule has 0 bridgehead atoms. The molecular weight excluding hydrogens is 502 g/mol. The van der Waals surface area contributed by atoms with E-state index in [0.29, 0.717) is 5.39 Å². The van der Waals surface area contributed by atoms with Crippen molar-refractivity contribution in [2.45, 2.75) is 0 Å². The molecule has 4 nitrogen and oxygen atoms in total. The highest BCUT2D eigenvalue weighted by atomic mass is 16.1. The number of nitrogens with one attached hydrogen (secondary N) is 1. The monoisotopic (exact) mass is 525 g/mol. The topological polar surface area (TPSA) is 42.7 Å². The standard InChI is InChI=1S/C37H23N3O/c41-37-31-21-35-29(25-15-7-9-17-33(25)39(35)23-11-3-1-4-12-23)19-27(31)28-20-30-26-16-8-10-18-34(26)40(24-13-5-2-6-14-24)36(30)22-32(28)38-37/h1-22H,(H,38,41). The van der Waals surface area contributed by atoms with Gasteiger partial charge in [0, 0.05) is 43.7 Å². The lowest BCUT2D eigenvalue weighted by Gasteiger charge is -2.10. The minimum atomic E-state index is -0.0824. The first kappa shape index (κ1) is 22.2. The number of fused-ring (bicyclic) bond motifs is 9. The summed E-state index contributed by atoms with van der Waals surface area (Å²) in [6, 6.07) is 46.4. The number of aromatic nitrogens is 3. The van der Waals surface area contributed by atoms with E-state index in [-0.39, 0.29) is 5.56 Å². The highest BCUT2D eigenvalue weighted by Crippen LogP contribution is 2.38. The van der Waals surface area contributed by atoms with Gasteiger partial charge >= 0.3 is 0 Å². The maximum Gasteiger partial charge on any atom is 0.256 e. The molecule has 6 aromatic carbocycles. The first-order valence-electron chi connectivity index (χ1n) is 13.8. The van der Waals surface area contributed by atoms with Gasteiger partial charge in [0.15, 0.2) is 0 Å². The van der Waals surface area contributed by atoms with E-state index in [2.05, 4.69) is 135 Å². The van der Waals surface area contributed by atoms with E-state index in [1.165, 1.54) is 10.8 Å². The number of hydrogen-bond acceptors (Lipinski definition) is 1. The van der Waals surface area contributed by atoms with Crippen molar-refractivity contribution in [1.82, 2.24) is 14.1 Å². The molecule has 0 aliphatic heterocycles. The summed E-state index contributed by atoms with van der Waals surface area (Å²) < 4.78 is 4.54. The first-order chi connectivity index (χ1) is 20.3. The Morgan fingerprint density at radius 3 is 1.46 bits per heavy atom. The normalized spacial score (nSPS) is 12.0. The number of benzene rings is 6. The zero-order chi connectivity index (χ0) is 27.1. The van der Waals surface area contributed by atoms with E-state index in [0.717, 1.165) is 60.5 Å². The third-order valence-electron chi connectivity index (χ3n) is 8.44. The predicted octanol–water partition coefficient (Wildman–Crippen LogP) is 8.88. The van der Waals surface area contributed by atoms with Gasteiger partial charge in [-0.25, -0.2) is 0 Å². The maximum absolute atomic E-state index is 13.7. The van der Waals surface area contributed by atoms with Gasteiger partial charge in [0.1, 0.15) is 0 Å². The van der Waals surface area contributed by atoms with E-state index in [1.54, 1.807) is 0 Å². The van der Waals surface area contributed by atoms with E-state index >= 15 is 0 Å². The second-order valence-corrected chi connectivity index (χ2v) is 10.7. The molecule has 0 unspecified atom stereocenters. The van der Waals surface area contributed by atoms with Crippen LogP contribution in [0.2, 0.25) is 0 Å². The van der Waals surface area contributed by atoms with Gasteiger partial charge in [0.2, 0.25) is 0 Å². The number of rotatable bonds is 2. The fourth-order valence-corrected chi connectivity index (χ4v) is 6.67. The van der Waals surface area contributed by atoms with Crippen LogP contribution >= 0.6 is 0 Å². The Balaban J connectivity index is 1.44. The van der Waals surface area contributed by atoms with Gasteiger partial charge in [-0.15, -0.1) is 0 Å². The Morgan fingerprint density at radius 2 is 0.878 bits per heavy atom. The number of aromatic amines is 1. The Morgan fingerprint density at radius 1 is 0.390 bits per heavy atom. The molecule has 0 fully saturated rings. The fourth-order valence-electron chi connectivity index (χ4n) is 6.67. The molecule has 0 spiro atoms. The van der Waals surface area contributed by atoms with Crippen LogP contribution in [0.1, 0.15) is 0 Å². The van der Waals surface area contributed by atoms with Crippen LogP contribution in [0.5, 0.6) is 0 Å². The summed E-state index contributed by atoms with van der Waals surface area (Å²) in [5.41, 5.74) is 7.28. The summed E-state index contributed by atoms with van der Waals surface area (Å²) in [5.74, 6) is 0. The third-order valence-corrected chi connectivity index (χ3v) is 8.44. The average molecular weight is 526 g/mol. The lowest BCUT2D eigenvalue weighted by Crippen LogP contribution is -2.07. The molecule has 0 radical (unpaired) electrons. The second kappa shape index (κ2) is 8.20. The molecule has 4 heteroatoms. The summed E-state index contributed by atoms with van der Waals surface area (Å²) in [5, 5.41) is 7.36. The van der Waals surface area contributed by atoms with E-state index in [4.69, 9.17) is 0 Å². The van der Waals surface area contributed by atoms with Gasteiger partial charge in [0.25, 0.3) is 5.56 Å². The van der Waals surface area contributed by atoms with Crippen LogP contribution in [0.4, 0.5) is 0 Å². The third kappa shape index (κ3) is 3.07. The van der Waals surface area contributed by atoms with E-state index in [9.17, 15) is 4.79 Å².